The third-order valence-electron chi connectivity index (χ3n) is 4.48. The highest BCUT2D eigenvalue weighted by molar-refractivity contribution is 7.99. The average Bonchev–Trinajstić information content (AvgIpc) is 2.93. The van der Waals surface area contributed by atoms with Gasteiger partial charge < -0.3 is 9.47 Å². The molecule has 5 nitrogen and oxygen atoms in total. The summed E-state index contributed by atoms with van der Waals surface area (Å²) in [7, 11) is 1.92. The first kappa shape index (κ1) is 18.3. The number of hydrogen-bond acceptors (Lipinski definition) is 4. The molecular formula is C18H23ClN4OS. The van der Waals surface area contributed by atoms with Crippen molar-refractivity contribution < 1.29 is 4.79 Å². The SMILES string of the molecule is C[C@@H]1C[C@H](C)CN(C(=O)CSc2nnc(-c3ccc(Cl)cc3)n2C)C1. The second-order valence-corrected chi connectivity index (χ2v) is 8.28. The lowest BCUT2D eigenvalue weighted by atomic mass is 9.92. The van der Waals surface area contributed by atoms with Gasteiger partial charge in [0.2, 0.25) is 5.91 Å². The van der Waals surface area contributed by atoms with Crippen LogP contribution in [0.1, 0.15) is 20.3 Å². The van der Waals surface area contributed by atoms with E-state index in [1.54, 1.807) is 0 Å². The third kappa shape index (κ3) is 4.36. The summed E-state index contributed by atoms with van der Waals surface area (Å²) in [6.45, 7) is 6.14. The van der Waals surface area contributed by atoms with E-state index in [0.29, 0.717) is 22.6 Å². The zero-order chi connectivity index (χ0) is 18.0. The molecule has 0 N–H and O–H groups in total. The van der Waals surface area contributed by atoms with Crippen LogP contribution >= 0.6 is 23.4 Å². The smallest absolute Gasteiger partial charge is 0.233 e. The minimum Gasteiger partial charge on any atom is -0.341 e. The van der Waals surface area contributed by atoms with Gasteiger partial charge in [0.15, 0.2) is 11.0 Å². The van der Waals surface area contributed by atoms with E-state index in [-0.39, 0.29) is 5.91 Å². The van der Waals surface area contributed by atoms with E-state index >= 15 is 0 Å². The van der Waals surface area contributed by atoms with Gasteiger partial charge in [0.05, 0.1) is 5.75 Å². The van der Waals surface area contributed by atoms with Gasteiger partial charge in [-0.3, -0.25) is 4.79 Å². The first-order chi connectivity index (χ1) is 11.9. The van der Waals surface area contributed by atoms with Crippen LogP contribution in [0.5, 0.6) is 0 Å². The van der Waals surface area contributed by atoms with Gasteiger partial charge in [0, 0.05) is 30.7 Å². The van der Waals surface area contributed by atoms with Crippen LogP contribution in [0.25, 0.3) is 11.4 Å². The fourth-order valence-electron chi connectivity index (χ4n) is 3.38. The van der Waals surface area contributed by atoms with Crippen LogP contribution in [0.3, 0.4) is 0 Å². The summed E-state index contributed by atoms with van der Waals surface area (Å²) >= 11 is 7.38. The molecule has 134 valence electrons. The Balaban J connectivity index is 1.64. The molecule has 7 heteroatoms. The summed E-state index contributed by atoms with van der Waals surface area (Å²) in [4.78, 5) is 14.5. The van der Waals surface area contributed by atoms with E-state index in [9.17, 15) is 4.79 Å². The number of aromatic nitrogens is 3. The van der Waals surface area contributed by atoms with Crippen molar-refractivity contribution in [2.24, 2.45) is 18.9 Å². The Bertz CT molecular complexity index is 736. The molecular weight excluding hydrogens is 356 g/mol. The summed E-state index contributed by atoms with van der Waals surface area (Å²) < 4.78 is 1.92. The highest BCUT2D eigenvalue weighted by Gasteiger charge is 2.25. The molecule has 1 aliphatic rings. The number of carbonyl (C=O) groups is 1. The number of thioether (sulfide) groups is 1. The molecule has 0 unspecified atom stereocenters. The molecule has 1 fully saturated rings. The fourth-order valence-corrected chi connectivity index (χ4v) is 4.31. The first-order valence-corrected chi connectivity index (χ1v) is 9.86. The van der Waals surface area contributed by atoms with Gasteiger partial charge in [0.25, 0.3) is 0 Å². The van der Waals surface area contributed by atoms with Crippen LogP contribution < -0.4 is 0 Å². The van der Waals surface area contributed by atoms with Crippen molar-refractivity contribution in [1.29, 1.82) is 0 Å². The number of likely N-dealkylation sites (tertiary alicyclic amines) is 1. The molecule has 25 heavy (non-hydrogen) atoms. The molecule has 1 aliphatic heterocycles. The van der Waals surface area contributed by atoms with E-state index in [1.165, 1.54) is 18.2 Å². The molecule has 2 atom stereocenters. The molecule has 0 radical (unpaired) electrons. The Hall–Kier alpha value is -1.53. The Morgan fingerprint density at radius 3 is 2.48 bits per heavy atom. The van der Waals surface area contributed by atoms with Gasteiger partial charge in [-0.15, -0.1) is 10.2 Å². The van der Waals surface area contributed by atoms with E-state index in [1.807, 2.05) is 40.8 Å². The summed E-state index contributed by atoms with van der Waals surface area (Å²) in [5, 5.41) is 9.93. The van der Waals surface area contributed by atoms with Crippen molar-refractivity contribution in [2.45, 2.75) is 25.4 Å². The molecule has 3 rings (SSSR count). The second-order valence-electron chi connectivity index (χ2n) is 6.91. The second kappa shape index (κ2) is 7.79. The van der Waals surface area contributed by atoms with Gasteiger partial charge in [-0.05, 0) is 42.5 Å². The number of halogens is 1. The summed E-state index contributed by atoms with van der Waals surface area (Å²) in [6.07, 6.45) is 1.20. The molecule has 2 heterocycles. The van der Waals surface area contributed by atoms with Crippen LogP contribution in [-0.4, -0.2) is 44.4 Å². The molecule has 0 saturated carbocycles. The average molecular weight is 379 g/mol. The highest BCUT2D eigenvalue weighted by atomic mass is 35.5. The van der Waals surface area contributed by atoms with Gasteiger partial charge in [-0.1, -0.05) is 37.2 Å². The van der Waals surface area contributed by atoms with Gasteiger partial charge in [-0.2, -0.15) is 0 Å². The predicted octanol–water partition coefficient (Wildman–Crippen LogP) is 3.73. The molecule has 1 amide bonds. The van der Waals surface area contributed by atoms with Crippen LogP contribution in [0.2, 0.25) is 5.02 Å². The monoisotopic (exact) mass is 378 g/mol. The number of rotatable bonds is 4. The maximum absolute atomic E-state index is 12.5. The van der Waals surface area contributed by atoms with E-state index in [4.69, 9.17) is 11.6 Å². The molecule has 1 saturated heterocycles. The molecule has 0 aliphatic carbocycles. The normalized spacial score (nSPS) is 20.7. The maximum Gasteiger partial charge on any atom is 0.233 e. The number of piperidine rings is 1. The molecule has 1 aromatic heterocycles. The fraction of sp³-hybridized carbons (Fsp3) is 0.500. The number of amides is 1. The topological polar surface area (TPSA) is 51.0 Å². The van der Waals surface area contributed by atoms with Crippen molar-refractivity contribution in [3.05, 3.63) is 29.3 Å². The van der Waals surface area contributed by atoms with Crippen LogP contribution in [0.4, 0.5) is 0 Å². The summed E-state index contributed by atoms with van der Waals surface area (Å²) in [6, 6.07) is 7.51. The molecule has 1 aromatic carbocycles. The van der Waals surface area contributed by atoms with Crippen molar-refractivity contribution in [1.82, 2.24) is 19.7 Å². The van der Waals surface area contributed by atoms with Gasteiger partial charge in [-0.25, -0.2) is 0 Å². The minimum absolute atomic E-state index is 0.180. The predicted molar refractivity (Wildman–Crippen MR) is 102 cm³/mol. The quantitative estimate of drug-likeness (QED) is 0.760. The van der Waals surface area contributed by atoms with E-state index in [0.717, 1.165) is 29.6 Å². The lowest BCUT2D eigenvalue weighted by Crippen LogP contribution is -2.43. The van der Waals surface area contributed by atoms with Crippen molar-refractivity contribution >= 4 is 29.3 Å². The minimum atomic E-state index is 0.180. The summed E-state index contributed by atoms with van der Waals surface area (Å²) in [5.74, 6) is 2.49. The Labute approximate surface area is 157 Å². The zero-order valence-electron chi connectivity index (χ0n) is 14.8. The van der Waals surface area contributed by atoms with Crippen molar-refractivity contribution in [2.75, 3.05) is 18.8 Å². The van der Waals surface area contributed by atoms with Crippen molar-refractivity contribution in [3.63, 3.8) is 0 Å². The first-order valence-electron chi connectivity index (χ1n) is 8.50. The Morgan fingerprint density at radius 1 is 1.20 bits per heavy atom. The van der Waals surface area contributed by atoms with Crippen LogP contribution in [0.15, 0.2) is 29.4 Å². The highest BCUT2D eigenvalue weighted by Crippen LogP contribution is 2.25. The standard InChI is InChI=1S/C18H23ClN4OS/c1-12-8-13(2)10-23(9-12)16(24)11-25-18-21-20-17(22(18)3)14-4-6-15(19)7-5-14/h4-7,12-13H,8-11H2,1-3H3/t12-,13+. The van der Waals surface area contributed by atoms with Gasteiger partial charge >= 0.3 is 0 Å². The van der Waals surface area contributed by atoms with Crippen LogP contribution in [-0.2, 0) is 11.8 Å². The third-order valence-corrected chi connectivity index (χ3v) is 5.74. The lowest BCUT2D eigenvalue weighted by Gasteiger charge is -2.34. The number of hydrogen-bond donors (Lipinski definition) is 0. The van der Waals surface area contributed by atoms with Crippen LogP contribution in [0, 0.1) is 11.8 Å². The lowest BCUT2D eigenvalue weighted by molar-refractivity contribution is -0.130. The number of benzene rings is 1. The summed E-state index contributed by atoms with van der Waals surface area (Å²) in [5.41, 5.74) is 0.955. The largest absolute Gasteiger partial charge is 0.341 e. The maximum atomic E-state index is 12.5. The Morgan fingerprint density at radius 2 is 1.84 bits per heavy atom. The Kier molecular flexibility index (Phi) is 5.69. The van der Waals surface area contributed by atoms with Crippen molar-refractivity contribution in [3.8, 4) is 11.4 Å². The molecule has 0 spiro atoms. The number of carbonyl (C=O) groups excluding carboxylic acids is 1. The van der Waals surface area contributed by atoms with E-state index in [2.05, 4.69) is 24.0 Å². The van der Waals surface area contributed by atoms with Gasteiger partial charge in [0.1, 0.15) is 0 Å². The number of nitrogens with zero attached hydrogens (tertiary/aromatic N) is 4. The zero-order valence-corrected chi connectivity index (χ0v) is 16.3. The molecule has 0 bridgehead atoms. The molecule has 2 aromatic rings. The van der Waals surface area contributed by atoms with E-state index < -0.39 is 0 Å².